The number of benzene rings is 1. The zero-order valence-corrected chi connectivity index (χ0v) is 11.3. The number of para-hydroxylation sites is 2. The molecular weight excluding hydrogens is 248 g/mol. The van der Waals surface area contributed by atoms with Gasteiger partial charge in [-0.05, 0) is 24.4 Å². The van der Waals surface area contributed by atoms with Crippen molar-refractivity contribution in [1.29, 1.82) is 0 Å². The van der Waals surface area contributed by atoms with E-state index < -0.39 is 0 Å². The van der Waals surface area contributed by atoms with Crippen molar-refractivity contribution in [2.75, 3.05) is 26.8 Å². The van der Waals surface area contributed by atoms with Crippen LogP contribution in [0.2, 0.25) is 0 Å². The number of thiocarbonyl (C=S) groups is 1. The minimum atomic E-state index is 0.510. The summed E-state index contributed by atoms with van der Waals surface area (Å²) in [6, 6.07) is 7.53. The van der Waals surface area contributed by atoms with Crippen molar-refractivity contribution in [1.82, 2.24) is 10.6 Å². The average Bonchev–Trinajstić information content (AvgIpc) is 2.41. The highest BCUT2D eigenvalue weighted by Gasteiger charge is 2.01. The Bertz CT molecular complexity index is 396. The molecule has 0 fully saturated rings. The van der Waals surface area contributed by atoms with E-state index in [1.165, 1.54) is 0 Å². The first-order chi connectivity index (χ1) is 8.77. The Balaban J connectivity index is 2.25. The van der Waals surface area contributed by atoms with Crippen molar-refractivity contribution >= 4 is 17.3 Å². The van der Waals surface area contributed by atoms with Crippen molar-refractivity contribution in [3.05, 3.63) is 36.9 Å². The Hall–Kier alpha value is -1.75. The van der Waals surface area contributed by atoms with Crippen LogP contribution in [0.5, 0.6) is 11.5 Å². The third-order valence-corrected chi connectivity index (χ3v) is 2.41. The molecule has 98 valence electrons. The van der Waals surface area contributed by atoms with Gasteiger partial charge in [0.15, 0.2) is 16.6 Å². The van der Waals surface area contributed by atoms with Gasteiger partial charge < -0.3 is 20.1 Å². The Morgan fingerprint density at radius 1 is 1.33 bits per heavy atom. The fourth-order valence-electron chi connectivity index (χ4n) is 1.29. The van der Waals surface area contributed by atoms with Crippen LogP contribution in [0.15, 0.2) is 36.9 Å². The minimum Gasteiger partial charge on any atom is -0.493 e. The smallest absolute Gasteiger partial charge is 0.166 e. The van der Waals surface area contributed by atoms with E-state index in [-0.39, 0.29) is 0 Å². The van der Waals surface area contributed by atoms with Gasteiger partial charge in [0, 0.05) is 6.54 Å². The van der Waals surface area contributed by atoms with Crippen molar-refractivity contribution in [3.63, 3.8) is 0 Å². The summed E-state index contributed by atoms with van der Waals surface area (Å²) >= 11 is 5.05. The molecule has 0 radical (unpaired) electrons. The maximum atomic E-state index is 5.59. The Kier molecular flexibility index (Phi) is 6.64. The summed E-state index contributed by atoms with van der Waals surface area (Å²) in [5, 5.41) is 6.60. The van der Waals surface area contributed by atoms with Gasteiger partial charge in [0.2, 0.25) is 0 Å². The zero-order chi connectivity index (χ0) is 13.2. The summed E-state index contributed by atoms with van der Waals surface area (Å²) in [4.78, 5) is 0. The quantitative estimate of drug-likeness (QED) is 0.447. The Morgan fingerprint density at radius 2 is 2.06 bits per heavy atom. The standard InChI is InChI=1S/C13H18N2O2S/c1-3-8-14-13(18)15-9-10-17-12-7-5-4-6-11(12)16-2/h3-7H,1,8-10H2,2H3,(H2,14,15,18). The maximum absolute atomic E-state index is 5.59. The molecule has 0 aromatic heterocycles. The van der Waals surface area contributed by atoms with E-state index in [0.717, 1.165) is 11.5 Å². The topological polar surface area (TPSA) is 42.5 Å². The number of rotatable bonds is 7. The Labute approximate surface area is 113 Å². The van der Waals surface area contributed by atoms with E-state index in [9.17, 15) is 0 Å². The van der Waals surface area contributed by atoms with Crippen LogP contribution in [0.1, 0.15) is 0 Å². The van der Waals surface area contributed by atoms with E-state index >= 15 is 0 Å². The van der Waals surface area contributed by atoms with Crippen LogP contribution in [-0.4, -0.2) is 31.9 Å². The molecule has 0 aliphatic heterocycles. The number of ether oxygens (including phenoxy) is 2. The lowest BCUT2D eigenvalue weighted by Gasteiger charge is -2.12. The number of methoxy groups -OCH3 is 1. The summed E-state index contributed by atoms with van der Waals surface area (Å²) in [6.45, 7) is 5.39. The second-order valence-corrected chi connectivity index (χ2v) is 3.83. The van der Waals surface area contributed by atoms with Gasteiger partial charge in [-0.2, -0.15) is 0 Å². The van der Waals surface area contributed by atoms with Gasteiger partial charge >= 0.3 is 0 Å². The van der Waals surface area contributed by atoms with E-state index in [4.69, 9.17) is 21.7 Å². The highest BCUT2D eigenvalue weighted by atomic mass is 32.1. The predicted octanol–water partition coefficient (Wildman–Crippen LogP) is 1.72. The first-order valence-electron chi connectivity index (χ1n) is 5.66. The molecule has 1 rings (SSSR count). The van der Waals surface area contributed by atoms with Crippen molar-refractivity contribution in [2.24, 2.45) is 0 Å². The van der Waals surface area contributed by atoms with E-state index in [0.29, 0.717) is 24.8 Å². The van der Waals surface area contributed by atoms with E-state index in [2.05, 4.69) is 17.2 Å². The number of nitrogens with one attached hydrogen (secondary N) is 2. The largest absolute Gasteiger partial charge is 0.493 e. The normalized spacial score (nSPS) is 9.39. The fourth-order valence-corrected chi connectivity index (χ4v) is 1.48. The van der Waals surface area contributed by atoms with Crippen LogP contribution < -0.4 is 20.1 Å². The van der Waals surface area contributed by atoms with Crippen LogP contribution >= 0.6 is 12.2 Å². The molecule has 0 unspecified atom stereocenters. The molecule has 0 aliphatic carbocycles. The molecular formula is C13H18N2O2S. The lowest BCUT2D eigenvalue weighted by Crippen LogP contribution is -2.37. The van der Waals surface area contributed by atoms with Crippen molar-refractivity contribution < 1.29 is 9.47 Å². The monoisotopic (exact) mass is 266 g/mol. The van der Waals surface area contributed by atoms with Crippen LogP contribution in [0, 0.1) is 0 Å². The molecule has 1 aromatic rings. The molecule has 0 amide bonds. The minimum absolute atomic E-state index is 0.510. The van der Waals surface area contributed by atoms with Crippen molar-refractivity contribution in [3.8, 4) is 11.5 Å². The third kappa shape index (κ3) is 5.05. The molecule has 0 saturated carbocycles. The Morgan fingerprint density at radius 3 is 2.72 bits per heavy atom. The molecule has 18 heavy (non-hydrogen) atoms. The van der Waals surface area contributed by atoms with Gasteiger partial charge in [-0.25, -0.2) is 0 Å². The maximum Gasteiger partial charge on any atom is 0.166 e. The molecule has 0 aliphatic rings. The third-order valence-electron chi connectivity index (χ3n) is 2.12. The second kappa shape index (κ2) is 8.36. The highest BCUT2D eigenvalue weighted by Crippen LogP contribution is 2.25. The van der Waals surface area contributed by atoms with E-state index in [1.54, 1.807) is 13.2 Å². The van der Waals surface area contributed by atoms with Gasteiger partial charge in [0.05, 0.1) is 13.7 Å². The van der Waals surface area contributed by atoms with Gasteiger partial charge in [0.1, 0.15) is 6.61 Å². The van der Waals surface area contributed by atoms with Crippen LogP contribution in [0.3, 0.4) is 0 Å². The number of hydrogen-bond donors (Lipinski definition) is 2. The van der Waals surface area contributed by atoms with Gasteiger partial charge in [-0.1, -0.05) is 18.2 Å². The molecule has 0 heterocycles. The summed E-state index contributed by atoms with van der Waals surface area (Å²) in [5.74, 6) is 1.46. The first kappa shape index (κ1) is 14.3. The van der Waals surface area contributed by atoms with Crippen molar-refractivity contribution in [2.45, 2.75) is 0 Å². The summed E-state index contributed by atoms with van der Waals surface area (Å²) < 4.78 is 10.8. The molecule has 0 spiro atoms. The molecule has 0 atom stereocenters. The molecule has 4 nitrogen and oxygen atoms in total. The van der Waals surface area contributed by atoms with Crippen LogP contribution in [-0.2, 0) is 0 Å². The SMILES string of the molecule is C=CCNC(=S)NCCOc1ccccc1OC. The molecule has 2 N–H and O–H groups in total. The highest BCUT2D eigenvalue weighted by molar-refractivity contribution is 7.80. The summed E-state index contributed by atoms with van der Waals surface area (Å²) in [7, 11) is 1.62. The predicted molar refractivity (Wildman–Crippen MR) is 77.3 cm³/mol. The van der Waals surface area contributed by atoms with E-state index in [1.807, 2.05) is 24.3 Å². The molecule has 0 bridgehead atoms. The molecule has 1 aromatic carbocycles. The second-order valence-electron chi connectivity index (χ2n) is 3.42. The van der Waals surface area contributed by atoms with Gasteiger partial charge in [-0.15, -0.1) is 6.58 Å². The fraction of sp³-hybridized carbons (Fsp3) is 0.308. The number of hydrogen-bond acceptors (Lipinski definition) is 3. The lowest BCUT2D eigenvalue weighted by molar-refractivity contribution is 0.298. The molecule has 5 heteroatoms. The first-order valence-corrected chi connectivity index (χ1v) is 6.07. The zero-order valence-electron chi connectivity index (χ0n) is 10.4. The van der Waals surface area contributed by atoms with Crippen LogP contribution in [0.4, 0.5) is 0 Å². The van der Waals surface area contributed by atoms with Gasteiger partial charge in [-0.3, -0.25) is 0 Å². The van der Waals surface area contributed by atoms with Gasteiger partial charge in [0.25, 0.3) is 0 Å². The summed E-state index contributed by atoms with van der Waals surface area (Å²) in [5.41, 5.74) is 0. The summed E-state index contributed by atoms with van der Waals surface area (Å²) in [6.07, 6.45) is 1.75. The lowest BCUT2D eigenvalue weighted by atomic mass is 10.3. The average molecular weight is 266 g/mol. The molecule has 0 saturated heterocycles. The van der Waals surface area contributed by atoms with Crippen LogP contribution in [0.25, 0.3) is 0 Å².